The fourth-order valence-electron chi connectivity index (χ4n) is 1.59. The van der Waals surface area contributed by atoms with E-state index in [1.807, 2.05) is 0 Å². The largest absolute Gasteiger partial charge is 0.336 e. The van der Waals surface area contributed by atoms with Gasteiger partial charge in [-0.2, -0.15) is 0 Å². The summed E-state index contributed by atoms with van der Waals surface area (Å²) in [6, 6.07) is 1.66. The Labute approximate surface area is 93.2 Å². The van der Waals surface area contributed by atoms with Crippen molar-refractivity contribution in [3.63, 3.8) is 0 Å². The number of piperazine rings is 1. The summed E-state index contributed by atoms with van der Waals surface area (Å²) >= 11 is 5.91. The Hall–Kier alpha value is -1.13. The van der Waals surface area contributed by atoms with Crippen LogP contribution in [-0.2, 0) is 0 Å². The molecule has 1 saturated heterocycles. The molecule has 0 spiro atoms. The van der Waals surface area contributed by atoms with Gasteiger partial charge in [-0.1, -0.05) is 11.6 Å². The highest BCUT2D eigenvalue weighted by molar-refractivity contribution is 6.33. The lowest BCUT2D eigenvalue weighted by molar-refractivity contribution is 0.0736. The molecule has 1 aromatic heterocycles. The third kappa shape index (κ3) is 2.27. The van der Waals surface area contributed by atoms with Crippen LogP contribution in [0.1, 0.15) is 10.4 Å². The third-order valence-corrected chi connectivity index (χ3v) is 2.71. The minimum Gasteiger partial charge on any atom is -0.336 e. The summed E-state index contributed by atoms with van der Waals surface area (Å²) in [5.74, 6) is -0.0103. The fourth-order valence-corrected chi connectivity index (χ4v) is 1.79. The monoisotopic (exact) mass is 225 g/mol. The maximum Gasteiger partial charge on any atom is 0.255 e. The standard InChI is InChI=1S/C10H12ClN3O/c11-9-7-13-2-1-8(9)10(15)14-5-3-12-4-6-14/h1-2,7,12H,3-6H2. The molecule has 80 valence electrons. The molecule has 0 aliphatic carbocycles. The zero-order valence-corrected chi connectivity index (χ0v) is 9.00. The SMILES string of the molecule is O=C(c1ccncc1Cl)N1CCNCC1. The maximum absolute atomic E-state index is 12.0. The predicted octanol–water partition coefficient (Wildman–Crippen LogP) is 0.780. The van der Waals surface area contributed by atoms with Crippen molar-refractivity contribution in [1.82, 2.24) is 15.2 Å². The van der Waals surface area contributed by atoms with Crippen LogP contribution in [0.4, 0.5) is 0 Å². The highest BCUT2D eigenvalue weighted by Crippen LogP contribution is 2.15. The Balaban J connectivity index is 2.16. The molecule has 5 heteroatoms. The molecule has 2 rings (SSSR count). The van der Waals surface area contributed by atoms with Crippen LogP contribution in [0, 0.1) is 0 Å². The Morgan fingerprint density at radius 2 is 2.20 bits per heavy atom. The number of nitrogens with zero attached hydrogens (tertiary/aromatic N) is 2. The molecule has 1 fully saturated rings. The number of pyridine rings is 1. The molecule has 1 N–H and O–H groups in total. The van der Waals surface area contributed by atoms with Crippen molar-refractivity contribution < 1.29 is 4.79 Å². The molecule has 0 unspecified atom stereocenters. The number of amides is 1. The zero-order chi connectivity index (χ0) is 10.7. The molecule has 1 aliphatic heterocycles. The van der Waals surface area contributed by atoms with E-state index in [9.17, 15) is 4.79 Å². The first-order valence-electron chi connectivity index (χ1n) is 4.88. The van der Waals surface area contributed by atoms with Crippen molar-refractivity contribution in [3.05, 3.63) is 29.0 Å². The van der Waals surface area contributed by atoms with Crippen molar-refractivity contribution in [2.45, 2.75) is 0 Å². The van der Waals surface area contributed by atoms with Gasteiger partial charge < -0.3 is 10.2 Å². The van der Waals surface area contributed by atoms with Gasteiger partial charge in [0.15, 0.2) is 0 Å². The quantitative estimate of drug-likeness (QED) is 0.769. The molecule has 0 saturated carbocycles. The lowest BCUT2D eigenvalue weighted by Crippen LogP contribution is -2.46. The normalized spacial score (nSPS) is 16.5. The van der Waals surface area contributed by atoms with E-state index in [2.05, 4.69) is 10.3 Å². The highest BCUT2D eigenvalue weighted by Gasteiger charge is 2.19. The van der Waals surface area contributed by atoms with E-state index in [4.69, 9.17) is 11.6 Å². The summed E-state index contributed by atoms with van der Waals surface area (Å²) in [4.78, 5) is 17.7. The first kappa shape index (κ1) is 10.4. The van der Waals surface area contributed by atoms with Crippen LogP contribution in [0.5, 0.6) is 0 Å². The van der Waals surface area contributed by atoms with Gasteiger partial charge in [-0.25, -0.2) is 0 Å². The Morgan fingerprint density at radius 1 is 1.47 bits per heavy atom. The number of carbonyl (C=O) groups excluding carboxylic acids is 1. The van der Waals surface area contributed by atoms with Crippen molar-refractivity contribution in [3.8, 4) is 0 Å². The van der Waals surface area contributed by atoms with E-state index in [0.717, 1.165) is 26.2 Å². The topological polar surface area (TPSA) is 45.2 Å². The van der Waals surface area contributed by atoms with E-state index < -0.39 is 0 Å². The maximum atomic E-state index is 12.0. The van der Waals surface area contributed by atoms with Gasteiger partial charge >= 0.3 is 0 Å². The summed E-state index contributed by atoms with van der Waals surface area (Å²) in [5.41, 5.74) is 0.536. The van der Waals surface area contributed by atoms with E-state index in [0.29, 0.717) is 10.6 Å². The van der Waals surface area contributed by atoms with E-state index in [-0.39, 0.29) is 5.91 Å². The van der Waals surface area contributed by atoms with E-state index >= 15 is 0 Å². The predicted molar refractivity (Wildman–Crippen MR) is 58.0 cm³/mol. The molecule has 0 radical (unpaired) electrons. The Morgan fingerprint density at radius 3 is 2.87 bits per heavy atom. The number of nitrogens with one attached hydrogen (secondary N) is 1. The minimum atomic E-state index is -0.0103. The molecule has 2 heterocycles. The highest BCUT2D eigenvalue weighted by atomic mass is 35.5. The van der Waals surface area contributed by atoms with Crippen LogP contribution in [-0.4, -0.2) is 42.0 Å². The molecular weight excluding hydrogens is 214 g/mol. The van der Waals surface area contributed by atoms with Gasteiger partial charge in [-0.05, 0) is 6.07 Å². The lowest BCUT2D eigenvalue weighted by atomic mass is 10.2. The minimum absolute atomic E-state index is 0.0103. The number of rotatable bonds is 1. The summed E-state index contributed by atoms with van der Waals surface area (Å²) in [5, 5.41) is 3.61. The molecule has 15 heavy (non-hydrogen) atoms. The lowest BCUT2D eigenvalue weighted by Gasteiger charge is -2.27. The van der Waals surface area contributed by atoms with E-state index in [1.54, 1.807) is 17.2 Å². The second-order valence-corrected chi connectivity index (χ2v) is 3.80. The molecule has 4 nitrogen and oxygen atoms in total. The first-order valence-corrected chi connectivity index (χ1v) is 5.26. The van der Waals surface area contributed by atoms with Crippen LogP contribution in [0.3, 0.4) is 0 Å². The smallest absolute Gasteiger partial charge is 0.255 e. The summed E-state index contributed by atoms with van der Waals surface area (Å²) in [7, 11) is 0. The summed E-state index contributed by atoms with van der Waals surface area (Å²) < 4.78 is 0. The molecule has 0 atom stereocenters. The molecule has 1 aromatic rings. The molecular formula is C10H12ClN3O. The Bertz CT molecular complexity index is 363. The third-order valence-electron chi connectivity index (χ3n) is 2.41. The van der Waals surface area contributed by atoms with Crippen molar-refractivity contribution in [2.75, 3.05) is 26.2 Å². The van der Waals surface area contributed by atoms with Gasteiger partial charge in [0.2, 0.25) is 0 Å². The average molecular weight is 226 g/mol. The van der Waals surface area contributed by atoms with Gasteiger partial charge in [-0.3, -0.25) is 9.78 Å². The number of hydrogen-bond acceptors (Lipinski definition) is 3. The number of hydrogen-bond donors (Lipinski definition) is 1. The number of carbonyl (C=O) groups is 1. The second-order valence-electron chi connectivity index (χ2n) is 3.40. The van der Waals surface area contributed by atoms with Crippen LogP contribution in [0.2, 0.25) is 5.02 Å². The zero-order valence-electron chi connectivity index (χ0n) is 8.24. The molecule has 1 aliphatic rings. The summed E-state index contributed by atoms with van der Waals surface area (Å²) in [6.45, 7) is 3.15. The Kier molecular flexibility index (Phi) is 3.18. The van der Waals surface area contributed by atoms with Gasteiger partial charge in [0, 0.05) is 38.6 Å². The molecule has 0 aromatic carbocycles. The van der Waals surface area contributed by atoms with Crippen molar-refractivity contribution in [1.29, 1.82) is 0 Å². The number of halogens is 1. The second kappa shape index (κ2) is 4.59. The summed E-state index contributed by atoms with van der Waals surface area (Å²) in [6.07, 6.45) is 3.08. The van der Waals surface area contributed by atoms with Gasteiger partial charge in [0.25, 0.3) is 5.91 Å². The van der Waals surface area contributed by atoms with Crippen LogP contribution < -0.4 is 5.32 Å². The first-order chi connectivity index (χ1) is 7.29. The van der Waals surface area contributed by atoms with Crippen molar-refractivity contribution in [2.24, 2.45) is 0 Å². The van der Waals surface area contributed by atoms with Crippen LogP contribution >= 0.6 is 11.6 Å². The van der Waals surface area contributed by atoms with Crippen LogP contribution in [0.15, 0.2) is 18.5 Å². The number of aromatic nitrogens is 1. The molecule has 1 amide bonds. The van der Waals surface area contributed by atoms with Gasteiger partial charge in [-0.15, -0.1) is 0 Å². The van der Waals surface area contributed by atoms with Crippen LogP contribution in [0.25, 0.3) is 0 Å². The van der Waals surface area contributed by atoms with Gasteiger partial charge in [0.05, 0.1) is 10.6 Å². The average Bonchev–Trinajstić information content (AvgIpc) is 2.30. The van der Waals surface area contributed by atoms with E-state index in [1.165, 1.54) is 6.20 Å². The fraction of sp³-hybridized carbons (Fsp3) is 0.400. The molecule has 0 bridgehead atoms. The van der Waals surface area contributed by atoms with Gasteiger partial charge in [0.1, 0.15) is 0 Å². The van der Waals surface area contributed by atoms with Crippen molar-refractivity contribution >= 4 is 17.5 Å².